The second kappa shape index (κ2) is 6.64. The number of ether oxygens (including phenoxy) is 2. The van der Waals surface area contributed by atoms with Crippen molar-refractivity contribution < 1.29 is 19.1 Å². The molecule has 2 aromatic carbocycles. The van der Waals surface area contributed by atoms with Gasteiger partial charge in [0, 0.05) is 56.3 Å². The Morgan fingerprint density at radius 2 is 1.70 bits per heavy atom. The van der Waals surface area contributed by atoms with Gasteiger partial charge >= 0.3 is 11.9 Å². The number of hydrogen-bond acceptors (Lipinski definition) is 6. The van der Waals surface area contributed by atoms with E-state index in [1.165, 1.54) is 0 Å². The zero-order valence-electron chi connectivity index (χ0n) is 16.9. The second-order valence-electron chi connectivity index (χ2n) is 8.59. The number of benzene rings is 2. The predicted molar refractivity (Wildman–Crippen MR) is 114 cm³/mol. The third-order valence-corrected chi connectivity index (χ3v) is 6.54. The summed E-state index contributed by atoms with van der Waals surface area (Å²) in [6, 6.07) is 15.2. The number of piperazine rings is 1. The van der Waals surface area contributed by atoms with Crippen molar-refractivity contribution in [2.75, 3.05) is 29.4 Å². The van der Waals surface area contributed by atoms with E-state index >= 15 is 0 Å². The van der Waals surface area contributed by atoms with Gasteiger partial charge in [0.25, 0.3) is 5.79 Å². The zero-order chi connectivity index (χ0) is 21.1. The number of esters is 2. The third kappa shape index (κ3) is 2.85. The molecule has 2 saturated heterocycles. The first-order valence-corrected chi connectivity index (χ1v) is 10.5. The van der Waals surface area contributed by atoms with Gasteiger partial charge in [0.05, 0.1) is 6.04 Å². The minimum absolute atomic E-state index is 0.233. The molecule has 2 aromatic rings. The highest BCUT2D eigenvalue weighted by Crippen LogP contribution is 2.48. The summed E-state index contributed by atoms with van der Waals surface area (Å²) in [5, 5.41) is 0.629. The number of para-hydroxylation sites is 1. The summed E-state index contributed by atoms with van der Waals surface area (Å²) in [6.07, 6.45) is 0.233. The molecule has 30 heavy (non-hydrogen) atoms. The van der Waals surface area contributed by atoms with Crippen LogP contribution >= 0.6 is 11.6 Å². The lowest BCUT2D eigenvalue weighted by atomic mass is 9.69. The number of anilines is 2. The summed E-state index contributed by atoms with van der Waals surface area (Å²) in [5.74, 6) is -2.30. The third-order valence-electron chi connectivity index (χ3n) is 6.30. The van der Waals surface area contributed by atoms with E-state index in [1.54, 1.807) is 19.9 Å². The first kappa shape index (κ1) is 19.2. The lowest BCUT2D eigenvalue weighted by Crippen LogP contribution is -2.71. The van der Waals surface area contributed by atoms with Crippen LogP contribution in [0.25, 0.3) is 0 Å². The van der Waals surface area contributed by atoms with Crippen molar-refractivity contribution in [3.8, 4) is 0 Å². The van der Waals surface area contributed by atoms with Gasteiger partial charge in [-0.1, -0.05) is 35.9 Å². The van der Waals surface area contributed by atoms with Gasteiger partial charge in [-0.3, -0.25) is 9.59 Å². The van der Waals surface area contributed by atoms with E-state index in [9.17, 15) is 9.59 Å². The number of fused-ring (bicyclic) bond motifs is 4. The lowest BCUT2D eigenvalue weighted by Gasteiger charge is -2.55. The molecule has 0 unspecified atom stereocenters. The van der Waals surface area contributed by atoms with Gasteiger partial charge in [0.1, 0.15) is 0 Å². The van der Waals surface area contributed by atoms with Gasteiger partial charge in [-0.25, -0.2) is 0 Å². The SMILES string of the molecule is CC1(C)OC(=O)C2(Cc3ccc(Cl)cc3N3CCN(c4ccccc4)C[C@H]32)C(=O)O1. The van der Waals surface area contributed by atoms with Crippen LogP contribution in [0.4, 0.5) is 11.4 Å². The standard InChI is InChI=1S/C23H23ClN2O4/c1-22(2)29-20(27)23(21(28)30-22)13-15-8-9-16(24)12-18(15)26-11-10-25(14-19(23)26)17-6-4-3-5-7-17/h3-9,12,19H,10-11,13-14H2,1-2H3/t19-/m0/s1. The molecule has 3 heterocycles. The van der Waals surface area contributed by atoms with Crippen LogP contribution in [0.1, 0.15) is 19.4 Å². The number of hydrogen-bond donors (Lipinski definition) is 0. The molecular formula is C23H23ClN2O4. The van der Waals surface area contributed by atoms with Crippen LogP contribution in [0.2, 0.25) is 5.02 Å². The van der Waals surface area contributed by atoms with Crippen molar-refractivity contribution in [2.24, 2.45) is 5.41 Å². The number of carbonyl (C=O) groups excluding carboxylic acids is 2. The van der Waals surface area contributed by atoms with Gasteiger partial charge in [0.2, 0.25) is 0 Å². The first-order chi connectivity index (χ1) is 14.3. The van der Waals surface area contributed by atoms with E-state index in [4.69, 9.17) is 21.1 Å². The average molecular weight is 427 g/mol. The van der Waals surface area contributed by atoms with Crippen LogP contribution in [-0.2, 0) is 25.5 Å². The average Bonchev–Trinajstić information content (AvgIpc) is 2.72. The Labute approximate surface area is 180 Å². The Hall–Kier alpha value is -2.73. The first-order valence-electron chi connectivity index (χ1n) is 10.1. The van der Waals surface area contributed by atoms with Crippen molar-refractivity contribution in [1.82, 2.24) is 0 Å². The van der Waals surface area contributed by atoms with Crippen molar-refractivity contribution in [3.05, 3.63) is 59.1 Å². The van der Waals surface area contributed by atoms with Crippen molar-refractivity contribution in [2.45, 2.75) is 32.1 Å². The highest BCUT2D eigenvalue weighted by Gasteiger charge is 2.64. The van der Waals surface area contributed by atoms with E-state index < -0.39 is 29.2 Å². The normalized spacial score (nSPS) is 24.0. The predicted octanol–water partition coefficient (Wildman–Crippen LogP) is 3.41. The second-order valence-corrected chi connectivity index (χ2v) is 9.03. The molecule has 3 aliphatic rings. The largest absolute Gasteiger partial charge is 0.422 e. The maximum atomic E-state index is 13.4. The Bertz CT molecular complexity index is 1000. The van der Waals surface area contributed by atoms with E-state index in [0.717, 1.165) is 23.5 Å². The maximum absolute atomic E-state index is 13.4. The number of nitrogens with zero attached hydrogens (tertiary/aromatic N) is 2. The van der Waals surface area contributed by atoms with Crippen LogP contribution in [0, 0.1) is 5.41 Å². The monoisotopic (exact) mass is 426 g/mol. The fourth-order valence-corrected chi connectivity index (χ4v) is 5.05. The zero-order valence-corrected chi connectivity index (χ0v) is 17.7. The highest BCUT2D eigenvalue weighted by atomic mass is 35.5. The summed E-state index contributed by atoms with van der Waals surface area (Å²) in [6.45, 7) is 5.08. The van der Waals surface area contributed by atoms with Crippen LogP contribution in [-0.4, -0.2) is 43.4 Å². The number of halogens is 1. The molecule has 156 valence electrons. The maximum Gasteiger partial charge on any atom is 0.329 e. The number of cyclic esters (lactones) is 2. The van der Waals surface area contributed by atoms with Gasteiger partial charge < -0.3 is 19.3 Å². The van der Waals surface area contributed by atoms with E-state index in [2.05, 4.69) is 9.80 Å². The van der Waals surface area contributed by atoms with Gasteiger partial charge in [-0.15, -0.1) is 0 Å². The molecule has 0 saturated carbocycles. The van der Waals surface area contributed by atoms with E-state index in [-0.39, 0.29) is 6.42 Å². The summed E-state index contributed by atoms with van der Waals surface area (Å²) < 4.78 is 11.2. The molecule has 3 aliphatic heterocycles. The van der Waals surface area contributed by atoms with Gasteiger partial charge in [-0.2, -0.15) is 0 Å². The summed E-state index contributed by atoms with van der Waals surface area (Å²) in [4.78, 5) is 31.1. The molecule has 6 nitrogen and oxygen atoms in total. The summed E-state index contributed by atoms with van der Waals surface area (Å²) in [5.41, 5.74) is 1.51. The number of carbonyl (C=O) groups is 2. The molecule has 0 bridgehead atoms. The minimum atomic E-state index is -1.41. The molecule has 1 atom stereocenters. The van der Waals surface area contributed by atoms with Crippen molar-refractivity contribution in [1.29, 1.82) is 0 Å². The summed E-state index contributed by atoms with van der Waals surface area (Å²) in [7, 11) is 0. The molecule has 0 radical (unpaired) electrons. The van der Waals surface area contributed by atoms with E-state index in [0.29, 0.717) is 18.1 Å². The Kier molecular flexibility index (Phi) is 4.26. The van der Waals surface area contributed by atoms with Crippen LogP contribution in [0.5, 0.6) is 0 Å². The fraction of sp³-hybridized carbons (Fsp3) is 0.391. The Morgan fingerprint density at radius 3 is 2.40 bits per heavy atom. The molecule has 5 rings (SSSR count). The van der Waals surface area contributed by atoms with Gasteiger partial charge in [0.15, 0.2) is 5.41 Å². The molecular weight excluding hydrogens is 404 g/mol. The summed E-state index contributed by atoms with van der Waals surface area (Å²) >= 11 is 6.28. The van der Waals surface area contributed by atoms with Crippen LogP contribution in [0.3, 0.4) is 0 Å². The smallest absolute Gasteiger partial charge is 0.329 e. The Balaban J connectivity index is 1.62. The molecule has 2 fully saturated rings. The minimum Gasteiger partial charge on any atom is -0.422 e. The van der Waals surface area contributed by atoms with Crippen molar-refractivity contribution >= 4 is 34.9 Å². The van der Waals surface area contributed by atoms with Gasteiger partial charge in [-0.05, 0) is 29.8 Å². The van der Waals surface area contributed by atoms with E-state index in [1.807, 2.05) is 42.5 Å². The highest BCUT2D eigenvalue weighted by molar-refractivity contribution is 6.31. The Morgan fingerprint density at radius 1 is 1.00 bits per heavy atom. The van der Waals surface area contributed by atoms with Crippen LogP contribution in [0.15, 0.2) is 48.5 Å². The van der Waals surface area contributed by atoms with Crippen molar-refractivity contribution in [3.63, 3.8) is 0 Å². The molecule has 1 spiro atoms. The topological polar surface area (TPSA) is 59.1 Å². The quantitative estimate of drug-likeness (QED) is 0.514. The molecule has 0 N–H and O–H groups in total. The number of rotatable bonds is 1. The fourth-order valence-electron chi connectivity index (χ4n) is 4.89. The molecule has 0 amide bonds. The van der Waals surface area contributed by atoms with Crippen LogP contribution < -0.4 is 9.80 Å². The lowest BCUT2D eigenvalue weighted by molar-refractivity contribution is -0.253. The molecule has 7 heteroatoms. The molecule has 0 aromatic heterocycles. The molecule has 0 aliphatic carbocycles.